The van der Waals surface area contributed by atoms with E-state index in [4.69, 9.17) is 6.42 Å². The number of hydrogen-bond acceptors (Lipinski definition) is 2. The fourth-order valence-corrected chi connectivity index (χ4v) is 1.35. The molecule has 1 fully saturated rings. The minimum atomic E-state index is -0.100. The molecule has 0 spiro atoms. The first-order chi connectivity index (χ1) is 6.65. The number of imide groups is 1. The van der Waals surface area contributed by atoms with Gasteiger partial charge in [-0.05, 0) is 6.42 Å². The lowest BCUT2D eigenvalue weighted by Gasteiger charge is -2.14. The zero-order chi connectivity index (χ0) is 10.6. The van der Waals surface area contributed by atoms with Crippen LogP contribution in [-0.2, 0) is 9.59 Å². The van der Waals surface area contributed by atoms with Crippen LogP contribution in [0.3, 0.4) is 0 Å². The molecule has 3 heteroatoms. The van der Waals surface area contributed by atoms with Crippen molar-refractivity contribution in [3.05, 3.63) is 12.2 Å². The molecule has 0 atom stereocenters. The molecular formula is C11H13NO2. The third kappa shape index (κ3) is 2.46. The molecular weight excluding hydrogens is 178 g/mol. The van der Waals surface area contributed by atoms with Crippen molar-refractivity contribution >= 4 is 11.8 Å². The molecule has 0 aromatic rings. The lowest BCUT2D eigenvalue weighted by atomic mass is 10.1. The summed E-state index contributed by atoms with van der Waals surface area (Å²) in [6, 6.07) is 0. The smallest absolute Gasteiger partial charge is 0.229 e. The molecule has 1 heterocycles. The second kappa shape index (κ2) is 4.61. The zero-order valence-corrected chi connectivity index (χ0v) is 8.08. The summed E-state index contributed by atoms with van der Waals surface area (Å²) in [5.74, 6) is 2.30. The highest BCUT2D eigenvalue weighted by Gasteiger charge is 2.28. The largest absolute Gasteiger partial charge is 0.278 e. The van der Waals surface area contributed by atoms with Crippen LogP contribution in [0.4, 0.5) is 0 Å². The third-order valence-electron chi connectivity index (χ3n) is 2.16. The van der Waals surface area contributed by atoms with Gasteiger partial charge in [-0.2, -0.15) is 0 Å². The van der Waals surface area contributed by atoms with Crippen LogP contribution in [0.1, 0.15) is 25.7 Å². The van der Waals surface area contributed by atoms with E-state index in [2.05, 4.69) is 12.5 Å². The molecule has 2 amide bonds. The predicted octanol–water partition coefficient (Wildman–Crippen LogP) is 1.10. The first-order valence-electron chi connectivity index (χ1n) is 4.58. The second-order valence-electron chi connectivity index (χ2n) is 3.33. The molecule has 1 rings (SSSR count). The van der Waals surface area contributed by atoms with E-state index < -0.39 is 0 Å². The molecule has 1 aliphatic heterocycles. The van der Waals surface area contributed by atoms with E-state index in [9.17, 15) is 9.59 Å². The Morgan fingerprint density at radius 3 is 2.50 bits per heavy atom. The van der Waals surface area contributed by atoms with Gasteiger partial charge < -0.3 is 0 Å². The Bertz CT molecular complexity index is 296. The highest BCUT2D eigenvalue weighted by Crippen LogP contribution is 2.14. The molecule has 0 saturated carbocycles. The Morgan fingerprint density at radius 2 is 2.00 bits per heavy atom. The predicted molar refractivity (Wildman–Crippen MR) is 53.2 cm³/mol. The second-order valence-corrected chi connectivity index (χ2v) is 3.33. The van der Waals surface area contributed by atoms with Crippen molar-refractivity contribution in [2.45, 2.75) is 25.7 Å². The van der Waals surface area contributed by atoms with Crippen molar-refractivity contribution in [2.75, 3.05) is 6.54 Å². The molecule has 74 valence electrons. The molecule has 1 aliphatic rings. The molecule has 0 aromatic heterocycles. The quantitative estimate of drug-likeness (QED) is 0.379. The Hall–Kier alpha value is -1.56. The first-order valence-corrected chi connectivity index (χ1v) is 4.58. The summed E-state index contributed by atoms with van der Waals surface area (Å²) < 4.78 is 0. The summed E-state index contributed by atoms with van der Waals surface area (Å²) in [6.45, 7) is 4.12. The number of rotatable bonds is 4. The van der Waals surface area contributed by atoms with Crippen LogP contribution in [0.15, 0.2) is 12.2 Å². The normalized spacial score (nSPS) is 15.8. The average Bonchev–Trinajstić information content (AvgIpc) is 2.46. The highest BCUT2D eigenvalue weighted by atomic mass is 16.2. The molecule has 3 nitrogen and oxygen atoms in total. The van der Waals surface area contributed by atoms with E-state index in [0.29, 0.717) is 32.2 Å². The summed E-state index contributed by atoms with van der Waals surface area (Å²) >= 11 is 0. The molecule has 0 bridgehead atoms. The van der Waals surface area contributed by atoms with Crippen LogP contribution in [0.2, 0.25) is 0 Å². The van der Waals surface area contributed by atoms with Crippen molar-refractivity contribution in [2.24, 2.45) is 0 Å². The fraction of sp³-hybridized carbons (Fsp3) is 0.455. The van der Waals surface area contributed by atoms with Crippen molar-refractivity contribution in [3.63, 3.8) is 0 Å². The number of terminal acetylenes is 1. The van der Waals surface area contributed by atoms with Crippen LogP contribution in [0, 0.1) is 12.3 Å². The summed E-state index contributed by atoms with van der Waals surface area (Å²) in [6.07, 6.45) is 7.05. The van der Waals surface area contributed by atoms with Gasteiger partial charge >= 0.3 is 0 Å². The zero-order valence-electron chi connectivity index (χ0n) is 8.08. The van der Waals surface area contributed by atoms with E-state index in [-0.39, 0.29) is 11.8 Å². The van der Waals surface area contributed by atoms with Crippen LogP contribution < -0.4 is 0 Å². The lowest BCUT2D eigenvalue weighted by molar-refractivity contribution is -0.137. The van der Waals surface area contributed by atoms with Crippen molar-refractivity contribution in [1.29, 1.82) is 0 Å². The van der Waals surface area contributed by atoms with Gasteiger partial charge in [-0.3, -0.25) is 14.5 Å². The maximum Gasteiger partial charge on any atom is 0.229 e. The summed E-state index contributed by atoms with van der Waals surface area (Å²) in [5.41, 5.74) is 0.839. The van der Waals surface area contributed by atoms with Crippen molar-refractivity contribution in [3.8, 4) is 12.3 Å². The molecule has 0 unspecified atom stereocenters. The van der Waals surface area contributed by atoms with E-state index in [1.54, 1.807) is 0 Å². The topological polar surface area (TPSA) is 37.4 Å². The van der Waals surface area contributed by atoms with Gasteiger partial charge in [-0.15, -0.1) is 12.3 Å². The van der Waals surface area contributed by atoms with E-state index in [1.807, 2.05) is 0 Å². The summed E-state index contributed by atoms with van der Waals surface area (Å²) in [4.78, 5) is 23.7. The Morgan fingerprint density at radius 1 is 1.43 bits per heavy atom. The highest BCUT2D eigenvalue weighted by molar-refractivity contribution is 6.02. The van der Waals surface area contributed by atoms with Crippen molar-refractivity contribution < 1.29 is 9.59 Å². The standard InChI is InChI=1S/C11H13NO2/c1-3-4-5-9(2)8-12-10(13)6-7-11(12)14/h1H,2,4-8H2. The maximum absolute atomic E-state index is 11.2. The number of carbonyl (C=O) groups is 2. The van der Waals surface area contributed by atoms with Gasteiger partial charge in [0.15, 0.2) is 0 Å². The number of nitrogens with zero attached hydrogens (tertiary/aromatic N) is 1. The molecule has 0 N–H and O–H groups in total. The monoisotopic (exact) mass is 191 g/mol. The fourth-order valence-electron chi connectivity index (χ4n) is 1.35. The average molecular weight is 191 g/mol. The minimum Gasteiger partial charge on any atom is -0.278 e. The third-order valence-corrected chi connectivity index (χ3v) is 2.16. The van der Waals surface area contributed by atoms with Gasteiger partial charge in [0.1, 0.15) is 0 Å². The summed E-state index contributed by atoms with van der Waals surface area (Å²) in [5, 5.41) is 0. The van der Waals surface area contributed by atoms with E-state index >= 15 is 0 Å². The number of amides is 2. The molecule has 1 saturated heterocycles. The van der Waals surface area contributed by atoms with Crippen LogP contribution in [-0.4, -0.2) is 23.3 Å². The molecule has 0 aliphatic carbocycles. The Kier molecular flexibility index (Phi) is 3.47. The molecule has 14 heavy (non-hydrogen) atoms. The number of carbonyl (C=O) groups excluding carboxylic acids is 2. The maximum atomic E-state index is 11.2. The Balaban J connectivity index is 2.44. The van der Waals surface area contributed by atoms with Gasteiger partial charge in [0, 0.05) is 25.8 Å². The number of hydrogen-bond donors (Lipinski definition) is 0. The van der Waals surface area contributed by atoms with Gasteiger partial charge in [0.2, 0.25) is 11.8 Å². The van der Waals surface area contributed by atoms with Crippen LogP contribution in [0.5, 0.6) is 0 Å². The molecule has 0 radical (unpaired) electrons. The van der Waals surface area contributed by atoms with E-state index in [0.717, 1.165) is 5.57 Å². The van der Waals surface area contributed by atoms with Gasteiger partial charge in [0.25, 0.3) is 0 Å². The van der Waals surface area contributed by atoms with Crippen molar-refractivity contribution in [1.82, 2.24) is 4.90 Å². The van der Waals surface area contributed by atoms with Gasteiger partial charge in [0.05, 0.1) is 0 Å². The first kappa shape index (κ1) is 10.5. The molecule has 0 aromatic carbocycles. The van der Waals surface area contributed by atoms with Gasteiger partial charge in [-0.1, -0.05) is 12.2 Å². The Labute approximate surface area is 83.8 Å². The SMILES string of the molecule is C#CCCC(=C)CN1C(=O)CCC1=O. The van der Waals surface area contributed by atoms with E-state index in [1.165, 1.54) is 4.90 Å². The minimum absolute atomic E-state index is 0.100. The van der Waals surface area contributed by atoms with Crippen LogP contribution >= 0.6 is 0 Å². The number of likely N-dealkylation sites (tertiary alicyclic amines) is 1. The van der Waals surface area contributed by atoms with Gasteiger partial charge in [-0.25, -0.2) is 0 Å². The summed E-state index contributed by atoms with van der Waals surface area (Å²) in [7, 11) is 0. The lowest BCUT2D eigenvalue weighted by Crippen LogP contribution is -2.30. The van der Waals surface area contributed by atoms with Crippen LogP contribution in [0.25, 0.3) is 0 Å².